The molecule has 0 fully saturated rings. The van der Waals surface area contributed by atoms with Gasteiger partial charge in [0.25, 0.3) is 0 Å². The molecule has 0 atom stereocenters. The Morgan fingerprint density at radius 2 is 1.09 bits per heavy atom. The Bertz CT molecular complexity index is 729. The molecule has 2 rings (SSSR count). The standard InChI is InChI=1S/C19H12N2O/c20-13-17-5-1-15(2-6-17)9-11-19(22)12-10-16-3-7-18(14-21)8-4-16/h1-12H/b11-9+,12-10+. The Hall–Kier alpha value is -3.43. The minimum absolute atomic E-state index is 0.131. The number of carbonyl (C=O) groups excluding carboxylic acids is 1. The number of hydrogen-bond acceptors (Lipinski definition) is 3. The molecule has 0 aliphatic rings. The maximum absolute atomic E-state index is 11.8. The van der Waals surface area contributed by atoms with Crippen molar-refractivity contribution in [1.29, 1.82) is 10.5 Å². The van der Waals surface area contributed by atoms with Gasteiger partial charge in [-0.2, -0.15) is 10.5 Å². The highest BCUT2D eigenvalue weighted by Crippen LogP contribution is 2.07. The monoisotopic (exact) mass is 284 g/mol. The quantitative estimate of drug-likeness (QED) is 0.803. The fourth-order valence-corrected chi connectivity index (χ4v) is 1.75. The van der Waals surface area contributed by atoms with Crippen molar-refractivity contribution in [3.63, 3.8) is 0 Å². The topological polar surface area (TPSA) is 64.7 Å². The molecule has 0 saturated heterocycles. The zero-order valence-electron chi connectivity index (χ0n) is 11.7. The van der Waals surface area contributed by atoms with E-state index in [2.05, 4.69) is 0 Å². The fourth-order valence-electron chi connectivity index (χ4n) is 1.75. The summed E-state index contributed by atoms with van der Waals surface area (Å²) in [6, 6.07) is 18.0. The van der Waals surface area contributed by atoms with E-state index in [1.807, 2.05) is 12.1 Å². The molecule has 0 heterocycles. The summed E-state index contributed by atoms with van der Waals surface area (Å²) >= 11 is 0. The summed E-state index contributed by atoms with van der Waals surface area (Å²) in [5, 5.41) is 17.4. The molecule has 0 bridgehead atoms. The van der Waals surface area contributed by atoms with Crippen LogP contribution in [-0.2, 0) is 4.79 Å². The average molecular weight is 284 g/mol. The smallest absolute Gasteiger partial charge is 0.178 e. The second kappa shape index (κ2) is 7.38. The van der Waals surface area contributed by atoms with Gasteiger partial charge >= 0.3 is 0 Å². The molecule has 0 unspecified atom stereocenters. The molecule has 0 aromatic heterocycles. The average Bonchev–Trinajstić information content (AvgIpc) is 2.59. The van der Waals surface area contributed by atoms with Gasteiger partial charge < -0.3 is 0 Å². The molecular formula is C19H12N2O. The molecule has 3 heteroatoms. The maximum Gasteiger partial charge on any atom is 0.178 e. The van der Waals surface area contributed by atoms with E-state index in [4.69, 9.17) is 10.5 Å². The maximum atomic E-state index is 11.8. The van der Waals surface area contributed by atoms with Crippen LogP contribution in [0.2, 0.25) is 0 Å². The van der Waals surface area contributed by atoms with Crippen LogP contribution >= 0.6 is 0 Å². The van der Waals surface area contributed by atoms with E-state index in [-0.39, 0.29) is 5.78 Å². The predicted octanol–water partition coefficient (Wildman–Crippen LogP) is 3.73. The van der Waals surface area contributed by atoms with Crippen LogP contribution in [0.3, 0.4) is 0 Å². The lowest BCUT2D eigenvalue weighted by atomic mass is 10.1. The summed E-state index contributed by atoms with van der Waals surface area (Å²) in [6.07, 6.45) is 6.35. The molecule has 22 heavy (non-hydrogen) atoms. The van der Waals surface area contributed by atoms with Gasteiger partial charge in [0.2, 0.25) is 0 Å². The Labute approximate surface area is 129 Å². The van der Waals surface area contributed by atoms with Gasteiger partial charge in [-0.05, 0) is 47.5 Å². The first-order valence-corrected chi connectivity index (χ1v) is 6.62. The van der Waals surface area contributed by atoms with Crippen molar-refractivity contribution in [3.05, 3.63) is 82.9 Å². The third-order valence-corrected chi connectivity index (χ3v) is 2.96. The predicted molar refractivity (Wildman–Crippen MR) is 85.4 cm³/mol. The van der Waals surface area contributed by atoms with Crippen LogP contribution in [0.25, 0.3) is 12.2 Å². The molecule has 0 radical (unpaired) electrons. The van der Waals surface area contributed by atoms with Crippen molar-refractivity contribution in [3.8, 4) is 12.1 Å². The molecule has 104 valence electrons. The van der Waals surface area contributed by atoms with Crippen molar-refractivity contribution >= 4 is 17.9 Å². The highest BCUT2D eigenvalue weighted by atomic mass is 16.1. The number of carbonyl (C=O) groups is 1. The lowest BCUT2D eigenvalue weighted by Gasteiger charge is -1.93. The van der Waals surface area contributed by atoms with Crippen LogP contribution in [0.5, 0.6) is 0 Å². The zero-order valence-corrected chi connectivity index (χ0v) is 11.7. The van der Waals surface area contributed by atoms with Gasteiger partial charge in [0.15, 0.2) is 5.78 Å². The van der Waals surface area contributed by atoms with Crippen LogP contribution in [0.4, 0.5) is 0 Å². The van der Waals surface area contributed by atoms with E-state index in [0.29, 0.717) is 11.1 Å². The van der Waals surface area contributed by atoms with E-state index >= 15 is 0 Å². The number of nitrogens with zero attached hydrogens (tertiary/aromatic N) is 2. The van der Waals surface area contributed by atoms with Crippen molar-refractivity contribution in [2.45, 2.75) is 0 Å². The van der Waals surface area contributed by atoms with Gasteiger partial charge in [-0.25, -0.2) is 0 Å². The Morgan fingerprint density at radius 3 is 1.41 bits per heavy atom. The summed E-state index contributed by atoms with van der Waals surface area (Å²) in [4.78, 5) is 11.8. The second-order valence-electron chi connectivity index (χ2n) is 4.54. The normalized spacial score (nSPS) is 10.5. The highest BCUT2D eigenvalue weighted by molar-refractivity contribution is 6.04. The molecule has 0 saturated carbocycles. The highest BCUT2D eigenvalue weighted by Gasteiger charge is 1.93. The summed E-state index contributed by atoms with van der Waals surface area (Å²) in [5.74, 6) is -0.131. The van der Waals surface area contributed by atoms with Crippen molar-refractivity contribution in [1.82, 2.24) is 0 Å². The molecule has 0 amide bonds. The Kier molecular flexibility index (Phi) is 5.02. The minimum Gasteiger partial charge on any atom is -0.290 e. The molecule has 3 nitrogen and oxygen atoms in total. The molecule has 2 aromatic rings. The largest absolute Gasteiger partial charge is 0.290 e. The number of rotatable bonds is 4. The van der Waals surface area contributed by atoms with Crippen molar-refractivity contribution in [2.24, 2.45) is 0 Å². The second-order valence-corrected chi connectivity index (χ2v) is 4.54. The Morgan fingerprint density at radius 1 is 0.727 bits per heavy atom. The van der Waals surface area contributed by atoms with Gasteiger partial charge in [-0.15, -0.1) is 0 Å². The van der Waals surface area contributed by atoms with E-state index in [1.54, 1.807) is 60.7 Å². The fraction of sp³-hybridized carbons (Fsp3) is 0. The first-order chi connectivity index (χ1) is 10.7. The number of benzene rings is 2. The van der Waals surface area contributed by atoms with Gasteiger partial charge in [0.05, 0.1) is 23.3 Å². The molecular weight excluding hydrogens is 272 g/mol. The van der Waals surface area contributed by atoms with E-state index in [0.717, 1.165) is 11.1 Å². The van der Waals surface area contributed by atoms with Crippen LogP contribution in [-0.4, -0.2) is 5.78 Å². The van der Waals surface area contributed by atoms with Crippen molar-refractivity contribution in [2.75, 3.05) is 0 Å². The summed E-state index contributed by atoms with van der Waals surface area (Å²) < 4.78 is 0. The molecule has 0 spiro atoms. The first-order valence-electron chi connectivity index (χ1n) is 6.62. The van der Waals surface area contributed by atoms with Crippen LogP contribution in [0.15, 0.2) is 60.7 Å². The minimum atomic E-state index is -0.131. The van der Waals surface area contributed by atoms with Crippen molar-refractivity contribution < 1.29 is 4.79 Å². The summed E-state index contributed by atoms with van der Waals surface area (Å²) in [7, 11) is 0. The van der Waals surface area contributed by atoms with Gasteiger partial charge in [0.1, 0.15) is 0 Å². The van der Waals surface area contributed by atoms with Crippen LogP contribution in [0, 0.1) is 22.7 Å². The molecule has 0 aliphatic carbocycles. The van der Waals surface area contributed by atoms with Crippen LogP contribution < -0.4 is 0 Å². The first kappa shape index (κ1) is 15.0. The third-order valence-electron chi connectivity index (χ3n) is 2.96. The lowest BCUT2D eigenvalue weighted by Crippen LogP contribution is -1.85. The van der Waals surface area contributed by atoms with E-state index in [1.165, 1.54) is 12.2 Å². The Balaban J connectivity index is 1.99. The number of nitriles is 2. The van der Waals surface area contributed by atoms with E-state index in [9.17, 15) is 4.79 Å². The lowest BCUT2D eigenvalue weighted by molar-refractivity contribution is -0.110. The van der Waals surface area contributed by atoms with Gasteiger partial charge in [-0.3, -0.25) is 4.79 Å². The number of hydrogen-bond donors (Lipinski definition) is 0. The third kappa shape index (κ3) is 4.30. The van der Waals surface area contributed by atoms with E-state index < -0.39 is 0 Å². The number of allylic oxidation sites excluding steroid dienone is 2. The number of ketones is 1. The molecule has 0 N–H and O–H groups in total. The molecule has 0 aliphatic heterocycles. The summed E-state index contributed by atoms with van der Waals surface area (Å²) in [5.41, 5.74) is 2.90. The molecule has 2 aromatic carbocycles. The SMILES string of the molecule is N#Cc1ccc(/C=C/C(=O)/C=C/c2ccc(C#N)cc2)cc1. The summed E-state index contributed by atoms with van der Waals surface area (Å²) in [6.45, 7) is 0. The zero-order chi connectivity index (χ0) is 15.8. The van der Waals surface area contributed by atoms with Crippen LogP contribution in [0.1, 0.15) is 22.3 Å². The van der Waals surface area contributed by atoms with Gasteiger partial charge in [-0.1, -0.05) is 36.4 Å². The van der Waals surface area contributed by atoms with Gasteiger partial charge in [0, 0.05) is 0 Å².